The highest BCUT2D eigenvalue weighted by Gasteiger charge is 2.28. The zero-order valence-corrected chi connectivity index (χ0v) is 10.6. The Hall–Kier alpha value is -1.45. The van der Waals surface area contributed by atoms with Gasteiger partial charge in [-0.3, -0.25) is 8.86 Å². The molecule has 6 heteroatoms. The summed E-state index contributed by atoms with van der Waals surface area (Å²) in [5, 5.41) is 8.92. The third kappa shape index (κ3) is 3.02. The van der Waals surface area contributed by atoms with Gasteiger partial charge >= 0.3 is 0 Å². The number of benzene rings is 1. The lowest BCUT2D eigenvalue weighted by Gasteiger charge is -2.33. The predicted octanol–water partition coefficient (Wildman–Crippen LogP) is 2.44. The molecule has 1 rings (SSSR count). The van der Waals surface area contributed by atoms with Gasteiger partial charge in [0.2, 0.25) is 0 Å². The normalized spacial score (nSPS) is 12.9. The molecule has 0 saturated carbocycles. The van der Waals surface area contributed by atoms with Crippen molar-refractivity contribution >= 4 is 17.0 Å². The summed E-state index contributed by atoms with van der Waals surface area (Å²) in [6.07, 6.45) is 0. The van der Waals surface area contributed by atoms with Crippen molar-refractivity contribution in [2.45, 2.75) is 26.3 Å². The van der Waals surface area contributed by atoms with Crippen LogP contribution >= 0.6 is 0 Å². The smallest absolute Gasteiger partial charge is 0.262 e. The van der Waals surface area contributed by atoms with Gasteiger partial charge in [-0.1, -0.05) is 0 Å². The van der Waals surface area contributed by atoms with E-state index in [0.717, 1.165) is 16.4 Å². The third-order valence-corrected chi connectivity index (χ3v) is 3.12. The van der Waals surface area contributed by atoms with Crippen LogP contribution in [0, 0.1) is 17.1 Å². The topological polar surface area (TPSA) is 64.3 Å². The van der Waals surface area contributed by atoms with Gasteiger partial charge in [0.15, 0.2) is 0 Å². The van der Waals surface area contributed by atoms with Crippen LogP contribution in [0.1, 0.15) is 26.3 Å². The molecule has 1 aromatic rings. The SMILES string of the molecule is CC(C)(C)N(c1ccc(F)cc1C#N)S(=O)O. The number of rotatable bonds is 2. The zero-order chi connectivity index (χ0) is 13.2. The number of hydrogen-bond acceptors (Lipinski definition) is 2. The van der Waals surface area contributed by atoms with E-state index < -0.39 is 22.6 Å². The molecule has 1 unspecified atom stereocenters. The maximum atomic E-state index is 13.0. The van der Waals surface area contributed by atoms with E-state index in [1.54, 1.807) is 20.8 Å². The molecule has 0 aliphatic heterocycles. The molecule has 0 aliphatic carbocycles. The largest absolute Gasteiger partial charge is 0.289 e. The third-order valence-electron chi connectivity index (χ3n) is 2.06. The van der Waals surface area contributed by atoms with E-state index in [4.69, 9.17) is 5.26 Å². The summed E-state index contributed by atoms with van der Waals surface area (Å²) in [6.45, 7) is 5.18. The molecule has 0 aromatic heterocycles. The molecule has 0 radical (unpaired) electrons. The summed E-state index contributed by atoms with van der Waals surface area (Å²) in [7, 11) is 0. The first kappa shape index (κ1) is 13.6. The summed E-state index contributed by atoms with van der Waals surface area (Å²) in [6, 6.07) is 5.34. The summed E-state index contributed by atoms with van der Waals surface area (Å²) in [5.41, 5.74) is -0.396. The number of nitrogens with zero attached hydrogens (tertiary/aromatic N) is 2. The van der Waals surface area contributed by atoms with Gasteiger partial charge in [-0.15, -0.1) is 0 Å². The Balaban J connectivity index is 3.40. The highest BCUT2D eigenvalue weighted by molar-refractivity contribution is 7.80. The standard InChI is InChI=1S/C11H13FN2O2S/c1-11(2,3)14(17(15)16)10-5-4-9(12)6-8(10)7-13/h4-6H,1-3H3,(H,15,16). The molecule has 1 aromatic carbocycles. The predicted molar refractivity (Wildman–Crippen MR) is 64.1 cm³/mol. The molecule has 0 heterocycles. The molecule has 1 N–H and O–H groups in total. The van der Waals surface area contributed by atoms with Crippen molar-refractivity contribution in [1.29, 1.82) is 5.26 Å². The fourth-order valence-corrected chi connectivity index (χ4v) is 2.25. The minimum atomic E-state index is -2.28. The molecule has 0 amide bonds. The van der Waals surface area contributed by atoms with Gasteiger partial charge in [0.25, 0.3) is 11.3 Å². The second kappa shape index (κ2) is 4.82. The first-order valence-electron chi connectivity index (χ1n) is 4.88. The second-order valence-electron chi connectivity index (χ2n) is 4.47. The van der Waals surface area contributed by atoms with Gasteiger partial charge < -0.3 is 0 Å². The van der Waals surface area contributed by atoms with Crippen LogP contribution in [0.4, 0.5) is 10.1 Å². The quantitative estimate of drug-likeness (QED) is 0.826. The number of hydrogen-bond donors (Lipinski definition) is 1. The van der Waals surface area contributed by atoms with E-state index in [1.807, 2.05) is 6.07 Å². The van der Waals surface area contributed by atoms with Crippen LogP contribution in [-0.4, -0.2) is 14.3 Å². The van der Waals surface area contributed by atoms with Crippen LogP contribution in [0.25, 0.3) is 0 Å². The fourth-order valence-electron chi connectivity index (χ4n) is 1.45. The minimum Gasteiger partial charge on any atom is -0.289 e. The molecule has 0 fully saturated rings. The van der Waals surface area contributed by atoms with Crippen molar-refractivity contribution in [3.63, 3.8) is 0 Å². The molecule has 4 nitrogen and oxygen atoms in total. The van der Waals surface area contributed by atoms with E-state index in [1.165, 1.54) is 6.07 Å². The van der Waals surface area contributed by atoms with Crippen molar-refractivity contribution in [3.05, 3.63) is 29.6 Å². The van der Waals surface area contributed by atoms with Gasteiger partial charge in [-0.25, -0.2) is 8.60 Å². The second-order valence-corrected chi connectivity index (χ2v) is 5.30. The number of anilines is 1. The molecule has 0 saturated heterocycles. The maximum absolute atomic E-state index is 13.0. The van der Waals surface area contributed by atoms with Crippen LogP contribution in [0.2, 0.25) is 0 Å². The highest BCUT2D eigenvalue weighted by atomic mass is 32.2. The first-order valence-corrected chi connectivity index (χ1v) is 5.94. The Kier molecular flexibility index (Phi) is 3.86. The molecule has 0 spiro atoms. The Morgan fingerprint density at radius 2 is 2.06 bits per heavy atom. The Morgan fingerprint density at radius 3 is 2.47 bits per heavy atom. The zero-order valence-electron chi connectivity index (χ0n) is 9.77. The molecule has 0 aliphatic rings. The molecule has 0 bridgehead atoms. The average Bonchev–Trinajstić information content (AvgIpc) is 2.17. The van der Waals surface area contributed by atoms with E-state index in [2.05, 4.69) is 0 Å². The highest BCUT2D eigenvalue weighted by Crippen LogP contribution is 2.28. The van der Waals surface area contributed by atoms with Gasteiger partial charge in [0, 0.05) is 5.54 Å². The lowest BCUT2D eigenvalue weighted by atomic mass is 10.1. The molecule has 92 valence electrons. The van der Waals surface area contributed by atoms with Crippen LogP contribution in [0.5, 0.6) is 0 Å². The minimum absolute atomic E-state index is 0.0299. The lowest BCUT2D eigenvalue weighted by molar-refractivity contribution is 0.514. The van der Waals surface area contributed by atoms with Gasteiger partial charge in [-0.2, -0.15) is 5.26 Å². The van der Waals surface area contributed by atoms with Gasteiger partial charge in [0.05, 0.1) is 11.3 Å². The Labute approximate surface area is 102 Å². The van der Waals surface area contributed by atoms with Gasteiger partial charge in [0.1, 0.15) is 11.9 Å². The van der Waals surface area contributed by atoms with Crippen LogP contribution in [-0.2, 0) is 11.3 Å². The van der Waals surface area contributed by atoms with E-state index in [0.29, 0.717) is 0 Å². The molecular formula is C11H13FN2O2S. The van der Waals surface area contributed by atoms with Crippen molar-refractivity contribution < 1.29 is 13.2 Å². The van der Waals surface area contributed by atoms with E-state index in [-0.39, 0.29) is 11.3 Å². The van der Waals surface area contributed by atoms with E-state index in [9.17, 15) is 13.2 Å². The van der Waals surface area contributed by atoms with Crippen molar-refractivity contribution in [2.75, 3.05) is 4.31 Å². The fraction of sp³-hybridized carbons (Fsp3) is 0.364. The van der Waals surface area contributed by atoms with Gasteiger partial charge in [-0.05, 0) is 39.0 Å². The molecular weight excluding hydrogens is 243 g/mol. The summed E-state index contributed by atoms with van der Waals surface area (Å²) in [5.74, 6) is -0.553. The number of nitriles is 1. The first-order chi connectivity index (χ1) is 7.77. The van der Waals surface area contributed by atoms with Crippen molar-refractivity contribution in [2.24, 2.45) is 0 Å². The monoisotopic (exact) mass is 256 g/mol. The number of halogens is 1. The van der Waals surface area contributed by atoms with E-state index >= 15 is 0 Å². The Morgan fingerprint density at radius 1 is 1.47 bits per heavy atom. The summed E-state index contributed by atoms with van der Waals surface area (Å²) in [4.78, 5) is 0. The maximum Gasteiger partial charge on any atom is 0.262 e. The lowest BCUT2D eigenvalue weighted by Crippen LogP contribution is -2.43. The Bertz CT molecular complexity index is 491. The van der Waals surface area contributed by atoms with Crippen LogP contribution in [0.15, 0.2) is 18.2 Å². The molecule has 17 heavy (non-hydrogen) atoms. The van der Waals surface area contributed by atoms with Crippen molar-refractivity contribution in [1.82, 2.24) is 0 Å². The summed E-state index contributed by atoms with van der Waals surface area (Å²) >= 11 is -2.28. The summed E-state index contributed by atoms with van der Waals surface area (Å²) < 4.78 is 34.8. The van der Waals surface area contributed by atoms with Crippen LogP contribution in [0.3, 0.4) is 0 Å². The molecule has 1 atom stereocenters. The van der Waals surface area contributed by atoms with Crippen LogP contribution < -0.4 is 4.31 Å². The average molecular weight is 256 g/mol. The van der Waals surface area contributed by atoms with Crippen molar-refractivity contribution in [3.8, 4) is 6.07 Å².